The van der Waals surface area contributed by atoms with Crippen molar-refractivity contribution < 1.29 is 59.7 Å². The van der Waals surface area contributed by atoms with E-state index in [-0.39, 0.29) is 31.2 Å². The molecule has 1 aromatic carbocycles. The number of benzene rings is 1. The second-order valence-electron chi connectivity index (χ2n) is 17.4. The predicted octanol–water partition coefficient (Wildman–Crippen LogP) is 5.70. The Morgan fingerprint density at radius 3 is 2.46 bits per heavy atom. The van der Waals surface area contributed by atoms with E-state index in [1.807, 2.05) is 19.9 Å². The lowest BCUT2D eigenvalue weighted by atomic mass is 9.85. The van der Waals surface area contributed by atoms with Crippen molar-refractivity contribution in [1.82, 2.24) is 25.2 Å². The Bertz CT molecular complexity index is 2160. The van der Waals surface area contributed by atoms with E-state index in [1.165, 1.54) is 25.1 Å². The van der Waals surface area contributed by atoms with E-state index in [0.29, 0.717) is 81.3 Å². The number of hydrogen-bond donors (Lipinski definition) is 3. The minimum atomic E-state index is -4.92. The number of nitrogens with zero attached hydrogens (tertiary/aromatic N) is 2. The zero-order chi connectivity index (χ0) is 44.7. The van der Waals surface area contributed by atoms with Crippen LogP contribution in [0.4, 0.5) is 18.0 Å². The number of methoxy groups -OCH3 is 1. The van der Waals surface area contributed by atoms with E-state index >= 15 is 0 Å². The van der Waals surface area contributed by atoms with E-state index in [2.05, 4.69) is 20.3 Å². The van der Waals surface area contributed by atoms with E-state index in [4.69, 9.17) is 18.9 Å². The van der Waals surface area contributed by atoms with Crippen molar-refractivity contribution in [3.63, 3.8) is 0 Å². The molecule has 15 nitrogen and oxygen atoms in total. The summed E-state index contributed by atoms with van der Waals surface area (Å²) >= 11 is 0. The van der Waals surface area contributed by atoms with Gasteiger partial charge in [-0.1, -0.05) is 32.4 Å². The Hall–Kier alpha value is -4.81. The topological polar surface area (TPSA) is 192 Å². The van der Waals surface area contributed by atoms with Gasteiger partial charge in [-0.2, -0.15) is 13.2 Å². The zero-order valence-electron chi connectivity index (χ0n) is 35.5. The average Bonchev–Trinajstić information content (AvgIpc) is 4.07. The number of ether oxygens (including phenoxy) is 4. The Morgan fingerprint density at radius 1 is 1.10 bits per heavy atom. The molecule has 0 unspecified atom stereocenters. The Labute approximate surface area is 353 Å². The van der Waals surface area contributed by atoms with Crippen LogP contribution in [0.5, 0.6) is 17.4 Å². The summed E-state index contributed by atoms with van der Waals surface area (Å²) < 4.78 is 91.6. The number of carbonyl (C=O) groups excluding carboxylic acids is 4. The molecule has 19 heteroatoms. The van der Waals surface area contributed by atoms with Gasteiger partial charge >= 0.3 is 12.3 Å². The van der Waals surface area contributed by atoms with Crippen LogP contribution in [0.25, 0.3) is 10.8 Å². The first-order valence-electron chi connectivity index (χ1n) is 20.8. The molecule has 4 amide bonds. The number of nitrogens with one attached hydrogen (secondary N) is 3. The monoisotopic (exact) mass is 879 g/mol. The summed E-state index contributed by atoms with van der Waals surface area (Å²) in [6.45, 7) is 8.62. The maximum Gasteiger partial charge on any atom is 0.427 e. The molecule has 3 N–H and O–H groups in total. The molecule has 2 saturated carbocycles. The minimum absolute atomic E-state index is 0.0426. The summed E-state index contributed by atoms with van der Waals surface area (Å²) in [5, 5.41) is 6.40. The quantitative estimate of drug-likeness (QED) is 0.235. The third-order valence-corrected chi connectivity index (χ3v) is 14.7. The molecule has 0 radical (unpaired) electrons. The van der Waals surface area contributed by atoms with E-state index < -0.39 is 85.9 Å². The molecule has 61 heavy (non-hydrogen) atoms. The van der Waals surface area contributed by atoms with Gasteiger partial charge in [-0.3, -0.25) is 19.1 Å². The lowest BCUT2D eigenvalue weighted by Gasteiger charge is -2.35. The molecule has 1 saturated heterocycles. The number of rotatable bonds is 11. The number of pyridine rings is 1. The van der Waals surface area contributed by atoms with Gasteiger partial charge < -0.3 is 34.5 Å². The van der Waals surface area contributed by atoms with Gasteiger partial charge in [0.05, 0.1) is 31.2 Å². The zero-order valence-corrected chi connectivity index (χ0v) is 36.3. The lowest BCUT2D eigenvalue weighted by Crippen LogP contribution is -2.60. The van der Waals surface area contributed by atoms with Crippen LogP contribution in [0.1, 0.15) is 92.9 Å². The molecule has 3 heterocycles. The van der Waals surface area contributed by atoms with Crippen molar-refractivity contribution in [2.24, 2.45) is 17.8 Å². The number of halogens is 3. The van der Waals surface area contributed by atoms with Crippen LogP contribution in [-0.4, -0.2) is 103 Å². The number of allylic oxidation sites excluding steroid dienone is 1. The van der Waals surface area contributed by atoms with Crippen molar-refractivity contribution in [2.45, 2.75) is 133 Å². The lowest BCUT2D eigenvalue weighted by molar-refractivity contribution is -0.244. The molecular formula is C42H56F3N5O10S. The fraction of sp³-hybridized carbons (Fsp3) is 0.643. The molecule has 2 aliphatic heterocycles. The molecule has 2 aromatic rings. The summed E-state index contributed by atoms with van der Waals surface area (Å²) in [6.07, 6.45) is 0.412. The van der Waals surface area contributed by atoms with Crippen molar-refractivity contribution in [2.75, 3.05) is 20.3 Å². The number of sulfonamides is 1. The SMILES string of the molecule is CCOc1cnc(O[C@@H]2C[C@H]3C(=O)N[C@]4(C(=O)NS(=O)(=O)C5(C)CC5)C[C@H]4/C=C\CC[C@H](C)C[C@@H](CC)[C@H](NC(=O)OC(C)(C)C(F)(F)F)C(=O)N3C2)c2ccc(OC)cc12. The van der Waals surface area contributed by atoms with Gasteiger partial charge in [0.25, 0.3) is 5.91 Å². The van der Waals surface area contributed by atoms with Crippen LogP contribution in [0, 0.1) is 17.8 Å². The van der Waals surface area contributed by atoms with Crippen molar-refractivity contribution in [3.8, 4) is 17.4 Å². The first kappa shape index (κ1) is 45.7. The Morgan fingerprint density at radius 2 is 1.82 bits per heavy atom. The van der Waals surface area contributed by atoms with Gasteiger partial charge in [-0.25, -0.2) is 18.2 Å². The van der Waals surface area contributed by atoms with E-state index in [0.717, 1.165) is 0 Å². The van der Waals surface area contributed by atoms with Crippen LogP contribution >= 0.6 is 0 Å². The molecular weight excluding hydrogens is 824 g/mol. The average molecular weight is 880 g/mol. The standard InChI is InChI=1S/C42H56F3N5O10S/c1-8-25-18-24(3)12-10-11-13-26-21-41(26,37(53)49-61(55,56)40(6)16-17-40)48-34(51)31-20-28(23-50(31)36(52)33(25)47-38(54)60-39(4,5)42(43,44)45)59-35-29-15-14-27(57-7)19-30(29)32(22-46-35)58-9-2/h11,13-15,19,22,24-26,28,31,33H,8-10,12,16-18,20-21,23H2,1-7H3,(H,47,54)(H,48,51)(H,49,53)/b13-11-/t24-,25+,26+,28+,31-,33-,41+/m0/s1. The van der Waals surface area contributed by atoms with Gasteiger partial charge in [0.2, 0.25) is 33.3 Å². The van der Waals surface area contributed by atoms with Crippen LogP contribution in [0.3, 0.4) is 0 Å². The highest BCUT2D eigenvalue weighted by atomic mass is 32.2. The van der Waals surface area contributed by atoms with Crippen molar-refractivity contribution in [1.29, 1.82) is 0 Å². The molecule has 3 fully saturated rings. The van der Waals surface area contributed by atoms with Crippen LogP contribution in [-0.2, 0) is 29.1 Å². The molecule has 2 aliphatic carbocycles. The maximum atomic E-state index is 15.0. The molecule has 4 aliphatic rings. The van der Waals surface area contributed by atoms with Crippen molar-refractivity contribution >= 4 is 44.6 Å². The molecule has 0 bridgehead atoms. The van der Waals surface area contributed by atoms with Crippen LogP contribution < -0.4 is 29.6 Å². The molecule has 336 valence electrons. The van der Waals surface area contributed by atoms with Crippen LogP contribution in [0.2, 0.25) is 0 Å². The third-order valence-electron chi connectivity index (χ3n) is 12.5. The highest BCUT2D eigenvalue weighted by molar-refractivity contribution is 7.91. The number of hydrogen-bond acceptors (Lipinski definition) is 11. The number of aromatic nitrogens is 1. The molecule has 0 spiro atoms. The summed E-state index contributed by atoms with van der Waals surface area (Å²) in [7, 11) is -2.57. The van der Waals surface area contributed by atoms with Gasteiger partial charge in [0, 0.05) is 23.1 Å². The molecule has 1 aromatic heterocycles. The highest BCUT2D eigenvalue weighted by Gasteiger charge is 2.63. The minimum Gasteiger partial charge on any atom is -0.497 e. The third kappa shape index (κ3) is 9.50. The summed E-state index contributed by atoms with van der Waals surface area (Å²) in [5.74, 6) is -2.51. The van der Waals surface area contributed by atoms with Gasteiger partial charge in [-0.15, -0.1) is 0 Å². The first-order valence-corrected chi connectivity index (χ1v) is 22.2. The van der Waals surface area contributed by atoms with E-state index in [1.54, 1.807) is 31.2 Å². The van der Waals surface area contributed by atoms with Crippen LogP contribution in [0.15, 0.2) is 36.5 Å². The number of alkyl carbamates (subject to hydrolysis) is 1. The van der Waals surface area contributed by atoms with E-state index in [9.17, 15) is 40.8 Å². The second-order valence-corrected chi connectivity index (χ2v) is 19.6. The maximum absolute atomic E-state index is 15.0. The summed E-state index contributed by atoms with van der Waals surface area (Å²) in [6, 6.07) is 2.40. The fourth-order valence-electron chi connectivity index (χ4n) is 8.08. The largest absolute Gasteiger partial charge is 0.497 e. The first-order chi connectivity index (χ1) is 28.6. The smallest absolute Gasteiger partial charge is 0.427 e. The van der Waals surface area contributed by atoms with Gasteiger partial charge in [0.15, 0.2) is 0 Å². The highest BCUT2D eigenvalue weighted by Crippen LogP contribution is 2.48. The normalized spacial score (nSPS) is 28.5. The van der Waals surface area contributed by atoms with Gasteiger partial charge in [-0.05, 0) is 96.3 Å². The number of fused-ring (bicyclic) bond motifs is 3. The molecule has 7 atom stereocenters. The summed E-state index contributed by atoms with van der Waals surface area (Å²) in [4.78, 5) is 62.6. The molecule has 6 rings (SSSR count). The number of alkyl halides is 3. The number of carbonyl (C=O) groups is 4. The number of amides is 4. The Balaban J connectivity index is 1.38. The predicted molar refractivity (Wildman–Crippen MR) is 217 cm³/mol. The Kier molecular flexibility index (Phi) is 12.9. The summed E-state index contributed by atoms with van der Waals surface area (Å²) in [5.41, 5.74) is -4.55. The fourth-order valence-corrected chi connectivity index (χ4v) is 9.39. The second kappa shape index (κ2) is 17.2. The van der Waals surface area contributed by atoms with Gasteiger partial charge in [0.1, 0.15) is 35.2 Å². The van der Waals surface area contributed by atoms with Crippen molar-refractivity contribution in [3.05, 3.63) is 36.5 Å².